The summed E-state index contributed by atoms with van der Waals surface area (Å²) >= 11 is 0. The maximum Gasteiger partial charge on any atom is 0.413 e. The molecule has 0 unspecified atom stereocenters. The molecule has 3 rings (SSSR count). The summed E-state index contributed by atoms with van der Waals surface area (Å²) in [5, 5.41) is 31.5. The van der Waals surface area contributed by atoms with Crippen molar-refractivity contribution in [2.75, 3.05) is 11.9 Å². The van der Waals surface area contributed by atoms with Crippen molar-refractivity contribution in [2.45, 2.75) is 50.9 Å². The van der Waals surface area contributed by atoms with Gasteiger partial charge in [-0.1, -0.05) is 0 Å². The van der Waals surface area contributed by atoms with Crippen LogP contribution in [0.2, 0.25) is 0 Å². The number of hydrogen-bond acceptors (Lipinski definition) is 9. The minimum atomic E-state index is -1.40. The van der Waals surface area contributed by atoms with Crippen LogP contribution in [0.5, 0.6) is 0 Å². The second-order valence-corrected chi connectivity index (χ2v) is 7.02. The predicted octanol–water partition coefficient (Wildman–Crippen LogP) is -0.0761. The molecule has 0 saturated carbocycles. The molecule has 4 atom stereocenters. The fraction of sp³-hybridized carbons (Fsp3) is 0.600. The lowest BCUT2D eigenvalue weighted by atomic mass is 10.1. The fourth-order valence-electron chi connectivity index (χ4n) is 2.67. The molecule has 1 amide bonds. The van der Waals surface area contributed by atoms with Crippen LogP contribution in [-0.2, 0) is 9.47 Å². The molecular formula is C15H20FN5O6. The number of aliphatic hydroxyl groups is 3. The highest BCUT2D eigenvalue weighted by molar-refractivity contribution is 5.93. The highest BCUT2D eigenvalue weighted by Crippen LogP contribution is 2.32. The molecule has 3 heterocycles. The molecule has 4 N–H and O–H groups in total. The molecule has 1 aliphatic rings. The van der Waals surface area contributed by atoms with E-state index in [1.807, 2.05) is 0 Å². The van der Waals surface area contributed by atoms with Gasteiger partial charge in [-0.3, -0.25) is 9.88 Å². The number of hydrogen-bond donors (Lipinski definition) is 4. The lowest BCUT2D eigenvalue weighted by Gasteiger charge is -2.19. The summed E-state index contributed by atoms with van der Waals surface area (Å²) in [6, 6.07) is 0. The van der Waals surface area contributed by atoms with Gasteiger partial charge < -0.3 is 24.8 Å². The fourth-order valence-corrected chi connectivity index (χ4v) is 2.67. The molecule has 0 aromatic carbocycles. The number of rotatable bonds is 3. The zero-order chi connectivity index (χ0) is 19.9. The van der Waals surface area contributed by atoms with Crippen molar-refractivity contribution >= 4 is 23.1 Å². The Morgan fingerprint density at radius 3 is 2.67 bits per heavy atom. The molecule has 148 valence electrons. The first-order valence-corrected chi connectivity index (χ1v) is 8.13. The molecule has 27 heavy (non-hydrogen) atoms. The molecule has 1 saturated heterocycles. The highest BCUT2D eigenvalue weighted by atomic mass is 19.1. The van der Waals surface area contributed by atoms with E-state index in [9.17, 15) is 24.5 Å². The second kappa shape index (κ2) is 6.96. The van der Waals surface area contributed by atoms with Gasteiger partial charge in [0.05, 0.1) is 12.9 Å². The van der Waals surface area contributed by atoms with E-state index in [4.69, 9.17) is 9.47 Å². The van der Waals surface area contributed by atoms with Gasteiger partial charge in [0.1, 0.15) is 23.9 Å². The zero-order valence-corrected chi connectivity index (χ0v) is 14.8. The second-order valence-electron chi connectivity index (χ2n) is 7.02. The van der Waals surface area contributed by atoms with E-state index in [2.05, 4.69) is 20.3 Å². The summed E-state index contributed by atoms with van der Waals surface area (Å²) in [5.41, 5.74) is -0.825. The third-order valence-corrected chi connectivity index (χ3v) is 3.80. The number of amides is 1. The van der Waals surface area contributed by atoms with Gasteiger partial charge in [0.2, 0.25) is 0 Å². The number of imidazole rings is 1. The number of ether oxygens (including phenoxy) is 2. The molecule has 11 nitrogen and oxygen atoms in total. The summed E-state index contributed by atoms with van der Waals surface area (Å²) in [7, 11) is 0. The molecule has 12 heteroatoms. The third-order valence-electron chi connectivity index (χ3n) is 3.80. The van der Waals surface area contributed by atoms with Crippen molar-refractivity contribution < 1.29 is 34.0 Å². The molecule has 2 aromatic rings. The van der Waals surface area contributed by atoms with Gasteiger partial charge in [0.15, 0.2) is 23.2 Å². The topological polar surface area (TPSA) is 152 Å². The number of carbonyl (C=O) groups is 1. The maximum absolute atomic E-state index is 13.9. The molecule has 0 radical (unpaired) electrons. The van der Waals surface area contributed by atoms with Gasteiger partial charge in [-0.05, 0) is 20.8 Å². The third kappa shape index (κ3) is 3.83. The molecule has 1 aliphatic heterocycles. The van der Waals surface area contributed by atoms with E-state index in [-0.39, 0.29) is 17.0 Å². The van der Waals surface area contributed by atoms with Crippen LogP contribution in [0.4, 0.5) is 15.0 Å². The quantitative estimate of drug-likeness (QED) is 0.532. The van der Waals surface area contributed by atoms with Gasteiger partial charge >= 0.3 is 12.2 Å². The van der Waals surface area contributed by atoms with Crippen molar-refractivity contribution in [2.24, 2.45) is 0 Å². The Morgan fingerprint density at radius 1 is 1.37 bits per heavy atom. The highest BCUT2D eigenvalue weighted by Gasteiger charge is 2.44. The number of fused-ring (bicyclic) bond motifs is 1. The van der Waals surface area contributed by atoms with Crippen LogP contribution < -0.4 is 5.32 Å². The zero-order valence-electron chi connectivity index (χ0n) is 14.8. The average Bonchev–Trinajstić information content (AvgIpc) is 3.08. The summed E-state index contributed by atoms with van der Waals surface area (Å²) in [4.78, 5) is 23.1. The predicted molar refractivity (Wildman–Crippen MR) is 88.1 cm³/mol. The van der Waals surface area contributed by atoms with Crippen LogP contribution >= 0.6 is 0 Å². The van der Waals surface area contributed by atoms with Gasteiger partial charge in [-0.15, -0.1) is 0 Å². The van der Waals surface area contributed by atoms with Crippen molar-refractivity contribution in [3.05, 3.63) is 12.4 Å². The van der Waals surface area contributed by atoms with E-state index >= 15 is 0 Å². The monoisotopic (exact) mass is 385 g/mol. The maximum atomic E-state index is 13.9. The number of nitrogens with zero attached hydrogens (tertiary/aromatic N) is 4. The number of nitrogens with one attached hydrogen (secondary N) is 1. The van der Waals surface area contributed by atoms with Crippen LogP contribution in [0.15, 0.2) is 6.33 Å². The average molecular weight is 385 g/mol. The number of carbonyl (C=O) groups excluding carboxylic acids is 1. The van der Waals surface area contributed by atoms with Gasteiger partial charge in [0, 0.05) is 0 Å². The van der Waals surface area contributed by atoms with Crippen LogP contribution in [0.25, 0.3) is 11.2 Å². The normalized spacial score (nSPS) is 25.7. The Labute approximate surface area is 152 Å². The van der Waals surface area contributed by atoms with Crippen LogP contribution in [-0.4, -0.2) is 71.5 Å². The lowest BCUT2D eigenvalue weighted by Crippen LogP contribution is -2.33. The van der Waals surface area contributed by atoms with Crippen molar-refractivity contribution in [1.29, 1.82) is 0 Å². The van der Waals surface area contributed by atoms with Crippen LogP contribution in [0.3, 0.4) is 0 Å². The van der Waals surface area contributed by atoms with E-state index in [0.717, 1.165) is 0 Å². The smallest absolute Gasteiger partial charge is 0.413 e. The standard InChI is InChI=1S/C15H20FN5O6/c1-15(2,3)27-14(25)19-10-7-11(20-13(16)18-10)21(5-17-7)12-9(24)8(23)6(4-22)26-12/h5-6,8-9,12,22-24H,4H2,1-3H3,(H,18,19,20,25)/t6-,8-,9-,12-/m1/s1. The van der Waals surface area contributed by atoms with Crippen molar-refractivity contribution in [1.82, 2.24) is 19.5 Å². The summed E-state index contributed by atoms with van der Waals surface area (Å²) < 4.78 is 25.6. The van der Waals surface area contributed by atoms with Gasteiger partial charge in [0.25, 0.3) is 0 Å². The summed E-state index contributed by atoms with van der Waals surface area (Å²) in [6.07, 6.45) is -5.74. The van der Waals surface area contributed by atoms with Crippen molar-refractivity contribution in [3.8, 4) is 0 Å². The SMILES string of the molecule is CC(C)(C)OC(=O)Nc1nc(F)nc2c1ncn2[C@@H]1O[C@H](CO)[C@@H](O)[C@H]1O. The van der Waals surface area contributed by atoms with Crippen LogP contribution in [0, 0.1) is 6.08 Å². The molecular weight excluding hydrogens is 365 g/mol. The number of anilines is 1. The summed E-state index contributed by atoms with van der Waals surface area (Å²) in [6.45, 7) is 4.48. The first-order chi connectivity index (χ1) is 12.6. The molecule has 0 bridgehead atoms. The largest absolute Gasteiger partial charge is 0.444 e. The Morgan fingerprint density at radius 2 is 2.07 bits per heavy atom. The van der Waals surface area contributed by atoms with Crippen LogP contribution in [0.1, 0.15) is 27.0 Å². The van der Waals surface area contributed by atoms with E-state index in [0.29, 0.717) is 0 Å². The summed E-state index contributed by atoms with van der Waals surface area (Å²) in [5.74, 6) is -0.225. The minimum absolute atomic E-state index is 0.0278. The minimum Gasteiger partial charge on any atom is -0.444 e. The Hall–Kier alpha value is -2.41. The number of aromatic nitrogens is 4. The first-order valence-electron chi connectivity index (χ1n) is 8.13. The van der Waals surface area contributed by atoms with Gasteiger partial charge in [-0.2, -0.15) is 14.4 Å². The van der Waals surface area contributed by atoms with E-state index in [1.54, 1.807) is 20.8 Å². The first kappa shape index (κ1) is 19.4. The Kier molecular flexibility index (Phi) is 4.99. The lowest BCUT2D eigenvalue weighted by molar-refractivity contribution is -0.0511. The number of halogens is 1. The van der Waals surface area contributed by atoms with E-state index < -0.39 is 48.9 Å². The molecule has 2 aromatic heterocycles. The Bertz CT molecular complexity index is 853. The molecule has 0 aliphatic carbocycles. The Balaban J connectivity index is 1.95. The molecule has 0 spiro atoms. The van der Waals surface area contributed by atoms with Crippen molar-refractivity contribution in [3.63, 3.8) is 0 Å². The molecule has 1 fully saturated rings. The van der Waals surface area contributed by atoms with Gasteiger partial charge in [-0.25, -0.2) is 9.78 Å². The number of aliphatic hydroxyl groups excluding tert-OH is 3. The van der Waals surface area contributed by atoms with E-state index in [1.165, 1.54) is 10.9 Å².